The Bertz CT molecular complexity index is 442. The van der Waals surface area contributed by atoms with Gasteiger partial charge in [0.1, 0.15) is 6.61 Å². The van der Waals surface area contributed by atoms with E-state index in [1.807, 2.05) is 19.1 Å². The third kappa shape index (κ3) is 3.03. The largest absolute Gasteiger partial charge is 0.480 e. The number of hydrogen-bond donors (Lipinski definition) is 1. The van der Waals surface area contributed by atoms with Gasteiger partial charge in [-0.05, 0) is 26.0 Å². The summed E-state index contributed by atoms with van der Waals surface area (Å²) < 4.78 is 6.18. The lowest BCUT2D eigenvalue weighted by atomic mass is 9.94. The summed E-state index contributed by atoms with van der Waals surface area (Å²) in [7, 11) is 0. The molecule has 0 bridgehead atoms. The summed E-state index contributed by atoms with van der Waals surface area (Å²) in [6, 6.07) is 4.23. The molecule has 0 saturated carbocycles. The van der Waals surface area contributed by atoms with Crippen molar-refractivity contribution in [2.24, 2.45) is 0 Å². The van der Waals surface area contributed by atoms with Gasteiger partial charge >= 0.3 is 5.97 Å². The molecule has 1 atom stereocenters. The number of likely N-dealkylation sites (tertiary alicyclic amines) is 1. The molecular formula is C12H16ClNO3S. The van der Waals surface area contributed by atoms with E-state index in [-0.39, 0.29) is 12.2 Å². The number of carboxylic acid groups (broad SMARTS) is 1. The molecule has 1 aliphatic rings. The molecule has 0 amide bonds. The van der Waals surface area contributed by atoms with E-state index in [1.54, 1.807) is 11.3 Å². The van der Waals surface area contributed by atoms with Crippen molar-refractivity contribution in [3.05, 3.63) is 21.3 Å². The van der Waals surface area contributed by atoms with Gasteiger partial charge in [-0.25, -0.2) is 4.79 Å². The van der Waals surface area contributed by atoms with Crippen LogP contribution in [0.3, 0.4) is 0 Å². The number of halogens is 1. The number of hydrogen-bond acceptors (Lipinski definition) is 4. The van der Waals surface area contributed by atoms with Crippen LogP contribution in [0.5, 0.6) is 0 Å². The Hall–Kier alpha value is -0.620. The summed E-state index contributed by atoms with van der Waals surface area (Å²) in [6.45, 7) is 5.33. The smallest absolute Gasteiger partial charge is 0.329 e. The van der Waals surface area contributed by atoms with Gasteiger partial charge in [0.15, 0.2) is 0 Å². The van der Waals surface area contributed by atoms with E-state index in [9.17, 15) is 4.79 Å². The molecule has 0 aliphatic carbocycles. The van der Waals surface area contributed by atoms with Crippen molar-refractivity contribution in [1.82, 2.24) is 4.90 Å². The van der Waals surface area contributed by atoms with E-state index < -0.39 is 5.97 Å². The SMILES string of the molecule is CC(c1ccc(Cl)s1)N1CC(C)(OCC(=O)O)C1. The van der Waals surface area contributed by atoms with Crippen LogP contribution in [-0.4, -0.2) is 41.3 Å². The molecule has 2 rings (SSSR count). The minimum atomic E-state index is -0.923. The molecule has 1 saturated heterocycles. The van der Waals surface area contributed by atoms with Crippen LogP contribution in [-0.2, 0) is 9.53 Å². The van der Waals surface area contributed by atoms with Crippen LogP contribution in [0, 0.1) is 0 Å². The number of carbonyl (C=O) groups is 1. The second-order valence-corrected chi connectivity index (χ2v) is 6.60. The number of ether oxygens (including phenoxy) is 1. The Morgan fingerprint density at radius 3 is 2.83 bits per heavy atom. The average molecular weight is 290 g/mol. The molecule has 1 aromatic heterocycles. The Labute approximate surface area is 115 Å². The summed E-state index contributed by atoms with van der Waals surface area (Å²) in [5.74, 6) is -0.923. The van der Waals surface area contributed by atoms with Gasteiger partial charge in [-0.3, -0.25) is 4.90 Å². The minimum Gasteiger partial charge on any atom is -0.480 e. The molecule has 4 nitrogen and oxygen atoms in total. The standard InChI is InChI=1S/C12H16ClNO3S/c1-8(9-3-4-10(13)18-9)14-6-12(2,7-14)17-5-11(15)16/h3-4,8H,5-7H2,1-2H3,(H,15,16). The molecule has 2 heterocycles. The van der Waals surface area contributed by atoms with Gasteiger partial charge < -0.3 is 9.84 Å². The molecule has 18 heavy (non-hydrogen) atoms. The van der Waals surface area contributed by atoms with Gasteiger partial charge in [0.2, 0.25) is 0 Å². The van der Waals surface area contributed by atoms with Crippen molar-refractivity contribution in [3.63, 3.8) is 0 Å². The van der Waals surface area contributed by atoms with Crippen molar-refractivity contribution < 1.29 is 14.6 Å². The third-order valence-electron chi connectivity index (χ3n) is 3.17. The van der Waals surface area contributed by atoms with E-state index in [0.29, 0.717) is 6.04 Å². The lowest BCUT2D eigenvalue weighted by Crippen LogP contribution is -2.62. The Morgan fingerprint density at radius 2 is 2.33 bits per heavy atom. The van der Waals surface area contributed by atoms with Crippen LogP contribution in [0.25, 0.3) is 0 Å². The van der Waals surface area contributed by atoms with E-state index in [1.165, 1.54) is 4.88 Å². The van der Waals surface area contributed by atoms with Gasteiger partial charge in [0.25, 0.3) is 0 Å². The zero-order chi connectivity index (χ0) is 13.3. The first-order valence-electron chi connectivity index (χ1n) is 5.75. The molecule has 1 N–H and O–H groups in total. The summed E-state index contributed by atoms with van der Waals surface area (Å²) in [6.07, 6.45) is 0. The van der Waals surface area contributed by atoms with Crippen molar-refractivity contribution in [1.29, 1.82) is 0 Å². The normalized spacial score (nSPS) is 20.4. The highest BCUT2D eigenvalue weighted by molar-refractivity contribution is 7.16. The topological polar surface area (TPSA) is 49.8 Å². The van der Waals surface area contributed by atoms with Gasteiger partial charge in [-0.1, -0.05) is 11.6 Å². The maximum Gasteiger partial charge on any atom is 0.329 e. The van der Waals surface area contributed by atoms with E-state index in [0.717, 1.165) is 17.4 Å². The minimum absolute atomic E-state index is 0.233. The second-order valence-electron chi connectivity index (χ2n) is 4.86. The monoisotopic (exact) mass is 289 g/mol. The summed E-state index contributed by atoms with van der Waals surface area (Å²) in [5.41, 5.74) is -0.340. The summed E-state index contributed by atoms with van der Waals surface area (Å²) in [4.78, 5) is 14.0. The van der Waals surface area contributed by atoms with Crippen LogP contribution < -0.4 is 0 Å². The van der Waals surface area contributed by atoms with Crippen molar-refractivity contribution in [3.8, 4) is 0 Å². The first-order chi connectivity index (χ1) is 8.39. The Morgan fingerprint density at radius 1 is 1.67 bits per heavy atom. The first-order valence-corrected chi connectivity index (χ1v) is 6.94. The van der Waals surface area contributed by atoms with Crippen LogP contribution in [0.2, 0.25) is 4.34 Å². The molecule has 1 aliphatic heterocycles. The molecule has 1 unspecified atom stereocenters. The highest BCUT2D eigenvalue weighted by Gasteiger charge is 2.42. The van der Waals surface area contributed by atoms with Crippen LogP contribution >= 0.6 is 22.9 Å². The predicted octanol–water partition coefficient (Wildman–Crippen LogP) is 2.64. The number of carboxylic acids is 1. The van der Waals surface area contributed by atoms with Crippen LogP contribution in [0.1, 0.15) is 24.8 Å². The fraction of sp³-hybridized carbons (Fsp3) is 0.583. The number of aliphatic carboxylic acids is 1. The molecule has 0 radical (unpaired) electrons. The van der Waals surface area contributed by atoms with Crippen molar-refractivity contribution >= 4 is 28.9 Å². The zero-order valence-electron chi connectivity index (χ0n) is 10.4. The Balaban J connectivity index is 1.86. The van der Waals surface area contributed by atoms with Crippen LogP contribution in [0.15, 0.2) is 12.1 Å². The fourth-order valence-corrected chi connectivity index (χ4v) is 3.29. The van der Waals surface area contributed by atoms with Gasteiger partial charge in [0.05, 0.1) is 9.94 Å². The molecule has 0 aromatic carbocycles. The quantitative estimate of drug-likeness (QED) is 0.905. The van der Waals surface area contributed by atoms with E-state index in [2.05, 4.69) is 11.8 Å². The number of nitrogens with zero attached hydrogens (tertiary/aromatic N) is 1. The molecule has 6 heteroatoms. The summed E-state index contributed by atoms with van der Waals surface area (Å²) in [5, 5.41) is 8.60. The Kier molecular flexibility index (Phi) is 3.96. The van der Waals surface area contributed by atoms with Gasteiger partial charge in [0, 0.05) is 24.0 Å². The lowest BCUT2D eigenvalue weighted by Gasteiger charge is -2.49. The highest BCUT2D eigenvalue weighted by Crippen LogP contribution is 2.36. The van der Waals surface area contributed by atoms with Crippen molar-refractivity contribution in [2.45, 2.75) is 25.5 Å². The first kappa shape index (κ1) is 13.8. The lowest BCUT2D eigenvalue weighted by molar-refractivity contribution is -0.169. The predicted molar refractivity (Wildman–Crippen MR) is 71.3 cm³/mol. The second kappa shape index (κ2) is 5.17. The number of rotatable bonds is 5. The van der Waals surface area contributed by atoms with Crippen LogP contribution in [0.4, 0.5) is 0 Å². The molecule has 1 aromatic rings. The maximum atomic E-state index is 10.5. The number of thiophene rings is 1. The molecule has 100 valence electrons. The van der Waals surface area contributed by atoms with E-state index in [4.69, 9.17) is 21.4 Å². The summed E-state index contributed by atoms with van der Waals surface area (Å²) >= 11 is 7.50. The maximum absolute atomic E-state index is 10.5. The molecular weight excluding hydrogens is 274 g/mol. The zero-order valence-corrected chi connectivity index (χ0v) is 11.9. The molecule has 1 fully saturated rings. The molecule has 0 spiro atoms. The third-order valence-corrected chi connectivity index (χ3v) is 4.57. The fourth-order valence-electron chi connectivity index (χ4n) is 2.15. The van der Waals surface area contributed by atoms with Crippen molar-refractivity contribution in [2.75, 3.05) is 19.7 Å². The average Bonchev–Trinajstić information content (AvgIpc) is 2.68. The highest BCUT2D eigenvalue weighted by atomic mass is 35.5. The van der Waals surface area contributed by atoms with E-state index >= 15 is 0 Å². The van der Waals surface area contributed by atoms with Gasteiger partial charge in [-0.15, -0.1) is 11.3 Å². The van der Waals surface area contributed by atoms with Gasteiger partial charge in [-0.2, -0.15) is 0 Å².